The molecule has 0 radical (unpaired) electrons. The molecule has 1 aliphatic rings. The van der Waals surface area contributed by atoms with Gasteiger partial charge in [0.1, 0.15) is 11.5 Å². The summed E-state index contributed by atoms with van der Waals surface area (Å²) in [6, 6.07) is 17.2. The van der Waals surface area contributed by atoms with Gasteiger partial charge in [0.15, 0.2) is 0 Å². The summed E-state index contributed by atoms with van der Waals surface area (Å²) in [7, 11) is 0. The van der Waals surface area contributed by atoms with Crippen molar-refractivity contribution in [3.8, 4) is 11.5 Å². The minimum absolute atomic E-state index is 0.746. The minimum atomic E-state index is 0.746. The summed E-state index contributed by atoms with van der Waals surface area (Å²) in [6.07, 6.45) is 9.32. The van der Waals surface area contributed by atoms with Crippen LogP contribution in [0.25, 0.3) is 0 Å². The van der Waals surface area contributed by atoms with Gasteiger partial charge in [-0.1, -0.05) is 51.0 Å². The van der Waals surface area contributed by atoms with Gasteiger partial charge in [-0.05, 0) is 79.3 Å². The Morgan fingerprint density at radius 2 is 1.38 bits per heavy atom. The fourth-order valence-electron chi connectivity index (χ4n) is 3.93. The average Bonchev–Trinajstić information content (AvgIpc) is 2.64. The zero-order valence-electron chi connectivity index (χ0n) is 15.1. The molecule has 1 saturated carbocycles. The van der Waals surface area contributed by atoms with Crippen LogP contribution in [-0.2, 0) is 6.42 Å². The standard InChI is InChI=1S/C23H30O/c1-3-5-19-6-10-20(11-7-19)21-12-16-23(17-13-21)24-22-14-8-18(4-2)9-15-22/h8-9,12-17,19-20H,3-7,10-11H2,1-2H3. The third-order valence-corrected chi connectivity index (χ3v) is 5.46. The number of ether oxygens (including phenoxy) is 1. The van der Waals surface area contributed by atoms with E-state index in [0.29, 0.717) is 0 Å². The number of hydrogen-bond donors (Lipinski definition) is 0. The van der Waals surface area contributed by atoms with E-state index in [9.17, 15) is 0 Å². The predicted octanol–water partition coefficient (Wildman–Crippen LogP) is 7.12. The molecule has 3 rings (SSSR count). The van der Waals surface area contributed by atoms with Crippen molar-refractivity contribution in [3.05, 3.63) is 59.7 Å². The maximum absolute atomic E-state index is 5.97. The van der Waals surface area contributed by atoms with E-state index in [4.69, 9.17) is 4.74 Å². The van der Waals surface area contributed by atoms with Crippen molar-refractivity contribution in [2.45, 2.75) is 64.7 Å². The van der Waals surface area contributed by atoms with Gasteiger partial charge in [0.25, 0.3) is 0 Å². The number of benzene rings is 2. The van der Waals surface area contributed by atoms with E-state index in [1.54, 1.807) is 0 Å². The Bertz CT molecular complexity index is 603. The molecule has 1 heteroatoms. The first kappa shape index (κ1) is 17.1. The van der Waals surface area contributed by atoms with Gasteiger partial charge in [0, 0.05) is 0 Å². The lowest BCUT2D eigenvalue weighted by molar-refractivity contribution is 0.308. The Morgan fingerprint density at radius 3 is 1.92 bits per heavy atom. The average molecular weight is 322 g/mol. The molecule has 0 spiro atoms. The van der Waals surface area contributed by atoms with Crippen LogP contribution in [0.15, 0.2) is 48.5 Å². The van der Waals surface area contributed by atoms with Crippen LogP contribution in [0.3, 0.4) is 0 Å². The molecular weight excluding hydrogens is 292 g/mol. The Kier molecular flexibility index (Phi) is 5.96. The first-order valence-corrected chi connectivity index (χ1v) is 9.65. The molecule has 0 bridgehead atoms. The summed E-state index contributed by atoms with van der Waals surface area (Å²) >= 11 is 0. The first-order chi connectivity index (χ1) is 11.8. The van der Waals surface area contributed by atoms with Crippen molar-refractivity contribution in [2.24, 2.45) is 5.92 Å². The first-order valence-electron chi connectivity index (χ1n) is 9.65. The minimum Gasteiger partial charge on any atom is -0.457 e. The number of hydrogen-bond acceptors (Lipinski definition) is 1. The van der Waals surface area contributed by atoms with E-state index in [2.05, 4.69) is 62.4 Å². The summed E-state index contributed by atoms with van der Waals surface area (Å²) in [5, 5.41) is 0. The number of rotatable bonds is 6. The SMILES string of the molecule is CCCC1CCC(c2ccc(Oc3ccc(CC)cc3)cc2)CC1. The molecule has 2 aromatic carbocycles. The number of aryl methyl sites for hydroxylation is 1. The highest BCUT2D eigenvalue weighted by Crippen LogP contribution is 2.38. The van der Waals surface area contributed by atoms with Crippen LogP contribution in [-0.4, -0.2) is 0 Å². The predicted molar refractivity (Wildman–Crippen MR) is 102 cm³/mol. The third-order valence-electron chi connectivity index (χ3n) is 5.46. The van der Waals surface area contributed by atoms with Gasteiger partial charge in [-0.2, -0.15) is 0 Å². The highest BCUT2D eigenvalue weighted by molar-refractivity contribution is 5.35. The molecule has 0 N–H and O–H groups in total. The quantitative estimate of drug-likeness (QED) is 0.550. The van der Waals surface area contributed by atoms with Crippen molar-refractivity contribution in [1.82, 2.24) is 0 Å². The molecule has 0 amide bonds. The normalized spacial score (nSPS) is 20.8. The van der Waals surface area contributed by atoms with Gasteiger partial charge >= 0.3 is 0 Å². The monoisotopic (exact) mass is 322 g/mol. The van der Waals surface area contributed by atoms with Crippen LogP contribution in [0, 0.1) is 5.92 Å². The van der Waals surface area contributed by atoms with Crippen LogP contribution in [0.4, 0.5) is 0 Å². The van der Waals surface area contributed by atoms with Crippen LogP contribution in [0.5, 0.6) is 11.5 Å². The lowest BCUT2D eigenvalue weighted by Crippen LogP contribution is -2.13. The van der Waals surface area contributed by atoms with Crippen molar-refractivity contribution < 1.29 is 4.74 Å². The fourth-order valence-corrected chi connectivity index (χ4v) is 3.93. The second-order valence-corrected chi connectivity index (χ2v) is 7.17. The Labute approximate surface area is 147 Å². The summed E-state index contributed by atoms with van der Waals surface area (Å²) in [5.74, 6) is 3.57. The van der Waals surface area contributed by atoms with Gasteiger partial charge in [0.05, 0.1) is 0 Å². The fraction of sp³-hybridized carbons (Fsp3) is 0.478. The summed E-state index contributed by atoms with van der Waals surface area (Å²) in [4.78, 5) is 0. The van der Waals surface area contributed by atoms with Crippen LogP contribution in [0.2, 0.25) is 0 Å². The van der Waals surface area contributed by atoms with Crippen molar-refractivity contribution >= 4 is 0 Å². The molecule has 1 nitrogen and oxygen atoms in total. The van der Waals surface area contributed by atoms with Crippen molar-refractivity contribution in [1.29, 1.82) is 0 Å². The topological polar surface area (TPSA) is 9.23 Å². The van der Waals surface area contributed by atoms with E-state index in [0.717, 1.165) is 29.8 Å². The highest BCUT2D eigenvalue weighted by Gasteiger charge is 2.21. The lowest BCUT2D eigenvalue weighted by Gasteiger charge is -2.28. The van der Waals surface area contributed by atoms with Gasteiger partial charge < -0.3 is 4.74 Å². The molecule has 0 heterocycles. The second kappa shape index (κ2) is 8.37. The van der Waals surface area contributed by atoms with Gasteiger partial charge in [-0.25, -0.2) is 0 Å². The highest BCUT2D eigenvalue weighted by atomic mass is 16.5. The molecule has 0 unspecified atom stereocenters. The Hall–Kier alpha value is -1.76. The lowest BCUT2D eigenvalue weighted by atomic mass is 9.77. The largest absolute Gasteiger partial charge is 0.457 e. The Morgan fingerprint density at radius 1 is 0.792 bits per heavy atom. The Balaban J connectivity index is 1.57. The van der Waals surface area contributed by atoms with Gasteiger partial charge in [-0.15, -0.1) is 0 Å². The second-order valence-electron chi connectivity index (χ2n) is 7.17. The van der Waals surface area contributed by atoms with Crippen LogP contribution >= 0.6 is 0 Å². The van der Waals surface area contributed by atoms with E-state index in [1.807, 2.05) is 0 Å². The van der Waals surface area contributed by atoms with E-state index in [1.165, 1.54) is 49.7 Å². The van der Waals surface area contributed by atoms with Crippen LogP contribution in [0.1, 0.15) is 69.4 Å². The molecule has 24 heavy (non-hydrogen) atoms. The summed E-state index contributed by atoms with van der Waals surface area (Å²) in [5.41, 5.74) is 2.83. The zero-order valence-corrected chi connectivity index (χ0v) is 15.1. The molecule has 2 aromatic rings. The maximum atomic E-state index is 5.97. The third kappa shape index (κ3) is 4.41. The molecule has 0 saturated heterocycles. The van der Waals surface area contributed by atoms with Gasteiger partial charge in [0.2, 0.25) is 0 Å². The van der Waals surface area contributed by atoms with E-state index < -0.39 is 0 Å². The molecule has 0 aromatic heterocycles. The smallest absolute Gasteiger partial charge is 0.127 e. The summed E-state index contributed by atoms with van der Waals surface area (Å²) < 4.78 is 5.97. The zero-order chi connectivity index (χ0) is 16.8. The summed E-state index contributed by atoms with van der Waals surface area (Å²) in [6.45, 7) is 4.48. The van der Waals surface area contributed by atoms with Gasteiger partial charge in [-0.3, -0.25) is 0 Å². The van der Waals surface area contributed by atoms with E-state index in [-0.39, 0.29) is 0 Å². The maximum Gasteiger partial charge on any atom is 0.127 e. The van der Waals surface area contributed by atoms with Crippen molar-refractivity contribution in [3.63, 3.8) is 0 Å². The van der Waals surface area contributed by atoms with Crippen molar-refractivity contribution in [2.75, 3.05) is 0 Å². The molecule has 0 aliphatic heterocycles. The molecule has 1 fully saturated rings. The van der Waals surface area contributed by atoms with E-state index >= 15 is 0 Å². The van der Waals surface area contributed by atoms with Crippen LogP contribution < -0.4 is 4.74 Å². The molecule has 128 valence electrons. The molecular formula is C23H30O. The molecule has 0 atom stereocenters. The molecule has 1 aliphatic carbocycles.